The van der Waals surface area contributed by atoms with E-state index >= 15 is 0 Å². The third-order valence-corrected chi connectivity index (χ3v) is 4.50. The molecule has 1 unspecified atom stereocenters. The van der Waals surface area contributed by atoms with Crippen LogP contribution in [-0.2, 0) is 4.79 Å². The van der Waals surface area contributed by atoms with Crippen LogP contribution in [0.15, 0.2) is 0 Å². The van der Waals surface area contributed by atoms with Crippen LogP contribution in [0.25, 0.3) is 0 Å². The summed E-state index contributed by atoms with van der Waals surface area (Å²) in [4.78, 5) is 25.8. The SMILES string of the molecule is Cl.NCC1CCCN(CC(=O)NC(=O)NC2CCCCC2)C1. The molecular formula is C15H29ClN4O2. The van der Waals surface area contributed by atoms with E-state index in [0.29, 0.717) is 12.5 Å². The molecule has 1 aliphatic heterocycles. The molecule has 6 nitrogen and oxygen atoms in total. The molecule has 0 bridgehead atoms. The first-order chi connectivity index (χ1) is 10.2. The van der Waals surface area contributed by atoms with E-state index in [4.69, 9.17) is 5.73 Å². The van der Waals surface area contributed by atoms with Crippen molar-refractivity contribution in [2.24, 2.45) is 11.7 Å². The standard InChI is InChI=1S/C15H28N4O2.ClH/c16-9-12-5-4-8-19(10-12)11-14(20)18-15(21)17-13-6-2-1-3-7-13;/h12-13H,1-11,16H2,(H2,17,18,20,21);1H. The summed E-state index contributed by atoms with van der Waals surface area (Å²) in [6.07, 6.45) is 7.81. The molecule has 3 amide bonds. The molecule has 2 aliphatic rings. The van der Waals surface area contributed by atoms with Gasteiger partial charge in [-0.1, -0.05) is 19.3 Å². The van der Waals surface area contributed by atoms with Gasteiger partial charge in [0.2, 0.25) is 5.91 Å². The Kier molecular flexibility index (Phi) is 8.75. The molecule has 2 rings (SSSR count). The number of nitrogens with one attached hydrogen (secondary N) is 2. The number of imide groups is 1. The van der Waals surface area contributed by atoms with Crippen molar-refractivity contribution in [3.05, 3.63) is 0 Å². The average Bonchev–Trinajstić information content (AvgIpc) is 2.48. The fourth-order valence-electron chi connectivity index (χ4n) is 3.32. The molecule has 0 aromatic rings. The third kappa shape index (κ3) is 6.50. The molecule has 1 atom stereocenters. The molecule has 7 heteroatoms. The molecule has 0 radical (unpaired) electrons. The molecule has 0 aromatic carbocycles. The number of nitrogens with two attached hydrogens (primary N) is 1. The van der Waals surface area contributed by atoms with Gasteiger partial charge in [-0.05, 0) is 44.7 Å². The molecular weight excluding hydrogens is 304 g/mol. The Morgan fingerprint density at radius 3 is 2.50 bits per heavy atom. The first-order valence-corrected chi connectivity index (χ1v) is 8.20. The Bertz CT molecular complexity index is 361. The fraction of sp³-hybridized carbons (Fsp3) is 0.867. The zero-order chi connectivity index (χ0) is 15.1. The number of carbonyl (C=O) groups excluding carboxylic acids is 2. The minimum Gasteiger partial charge on any atom is -0.335 e. The zero-order valence-corrected chi connectivity index (χ0v) is 14.0. The van der Waals surface area contributed by atoms with Crippen LogP contribution in [0.5, 0.6) is 0 Å². The summed E-state index contributed by atoms with van der Waals surface area (Å²) in [5.74, 6) is 0.253. The van der Waals surface area contributed by atoms with Crippen LogP contribution in [0.1, 0.15) is 44.9 Å². The van der Waals surface area contributed by atoms with Gasteiger partial charge < -0.3 is 11.1 Å². The summed E-state index contributed by atoms with van der Waals surface area (Å²) in [5, 5.41) is 5.34. The van der Waals surface area contributed by atoms with E-state index < -0.39 is 0 Å². The number of likely N-dealkylation sites (tertiary alicyclic amines) is 1. The van der Waals surface area contributed by atoms with E-state index in [9.17, 15) is 9.59 Å². The van der Waals surface area contributed by atoms with Crippen LogP contribution in [0.3, 0.4) is 0 Å². The van der Waals surface area contributed by atoms with E-state index in [0.717, 1.165) is 51.6 Å². The highest BCUT2D eigenvalue weighted by Crippen LogP contribution is 2.17. The number of halogens is 1. The second-order valence-electron chi connectivity index (χ2n) is 6.34. The van der Waals surface area contributed by atoms with E-state index in [1.54, 1.807) is 0 Å². The molecule has 2 fully saturated rings. The van der Waals surface area contributed by atoms with Gasteiger partial charge in [0.15, 0.2) is 0 Å². The van der Waals surface area contributed by atoms with Gasteiger partial charge in [-0.2, -0.15) is 0 Å². The van der Waals surface area contributed by atoms with Crippen molar-refractivity contribution in [3.8, 4) is 0 Å². The Balaban J connectivity index is 0.00000242. The molecule has 0 spiro atoms. The Labute approximate surface area is 139 Å². The quantitative estimate of drug-likeness (QED) is 0.722. The molecule has 1 heterocycles. The normalized spacial score (nSPS) is 23.4. The third-order valence-electron chi connectivity index (χ3n) is 4.50. The van der Waals surface area contributed by atoms with E-state index in [1.165, 1.54) is 6.42 Å². The second kappa shape index (κ2) is 10.0. The lowest BCUT2D eigenvalue weighted by Gasteiger charge is -2.31. The van der Waals surface area contributed by atoms with Gasteiger partial charge >= 0.3 is 6.03 Å². The van der Waals surface area contributed by atoms with Gasteiger partial charge in [0.25, 0.3) is 0 Å². The summed E-state index contributed by atoms with van der Waals surface area (Å²) in [7, 11) is 0. The van der Waals surface area contributed by atoms with Gasteiger partial charge in [0, 0.05) is 12.6 Å². The lowest BCUT2D eigenvalue weighted by molar-refractivity contribution is -0.121. The van der Waals surface area contributed by atoms with Gasteiger partial charge in [-0.15, -0.1) is 12.4 Å². The fourth-order valence-corrected chi connectivity index (χ4v) is 3.32. The molecule has 4 N–H and O–H groups in total. The number of nitrogens with zero attached hydrogens (tertiary/aromatic N) is 1. The number of carbonyl (C=O) groups is 2. The van der Waals surface area contributed by atoms with Crippen LogP contribution in [-0.4, -0.2) is 49.1 Å². The maximum Gasteiger partial charge on any atom is 0.321 e. The number of hydrogen-bond donors (Lipinski definition) is 3. The summed E-state index contributed by atoms with van der Waals surface area (Å²) >= 11 is 0. The summed E-state index contributed by atoms with van der Waals surface area (Å²) in [5.41, 5.74) is 5.69. The topological polar surface area (TPSA) is 87.5 Å². The molecule has 1 aliphatic carbocycles. The van der Waals surface area contributed by atoms with Crippen LogP contribution in [0.2, 0.25) is 0 Å². The van der Waals surface area contributed by atoms with Crippen LogP contribution < -0.4 is 16.4 Å². The molecule has 22 heavy (non-hydrogen) atoms. The first kappa shape index (κ1) is 19.2. The Morgan fingerprint density at radius 1 is 1.09 bits per heavy atom. The van der Waals surface area contributed by atoms with Crippen LogP contribution in [0.4, 0.5) is 4.79 Å². The van der Waals surface area contributed by atoms with Crippen molar-refractivity contribution < 1.29 is 9.59 Å². The van der Waals surface area contributed by atoms with E-state index in [2.05, 4.69) is 15.5 Å². The van der Waals surface area contributed by atoms with Gasteiger partial charge in [0.1, 0.15) is 0 Å². The maximum absolute atomic E-state index is 11.9. The predicted molar refractivity (Wildman–Crippen MR) is 89.0 cm³/mol. The number of rotatable bonds is 4. The van der Waals surface area contributed by atoms with Gasteiger partial charge in [-0.3, -0.25) is 15.0 Å². The molecule has 1 saturated heterocycles. The minimum absolute atomic E-state index is 0. The number of urea groups is 1. The molecule has 0 aromatic heterocycles. The van der Waals surface area contributed by atoms with Crippen LogP contribution in [0, 0.1) is 5.92 Å². The largest absolute Gasteiger partial charge is 0.335 e. The Hall–Kier alpha value is -0.850. The molecule has 1 saturated carbocycles. The highest BCUT2D eigenvalue weighted by molar-refractivity contribution is 5.95. The zero-order valence-electron chi connectivity index (χ0n) is 13.2. The number of amides is 3. The molecule has 128 valence electrons. The van der Waals surface area contributed by atoms with Crippen molar-refractivity contribution in [1.82, 2.24) is 15.5 Å². The minimum atomic E-state index is -0.348. The first-order valence-electron chi connectivity index (χ1n) is 8.20. The maximum atomic E-state index is 11.9. The van der Waals surface area contributed by atoms with Crippen molar-refractivity contribution in [2.75, 3.05) is 26.2 Å². The highest BCUT2D eigenvalue weighted by Gasteiger charge is 2.22. The van der Waals surface area contributed by atoms with Crippen molar-refractivity contribution in [3.63, 3.8) is 0 Å². The van der Waals surface area contributed by atoms with Crippen molar-refractivity contribution in [1.29, 1.82) is 0 Å². The highest BCUT2D eigenvalue weighted by atomic mass is 35.5. The monoisotopic (exact) mass is 332 g/mol. The second-order valence-corrected chi connectivity index (χ2v) is 6.34. The van der Waals surface area contributed by atoms with E-state index in [-0.39, 0.29) is 36.9 Å². The van der Waals surface area contributed by atoms with Crippen molar-refractivity contribution in [2.45, 2.75) is 51.0 Å². The van der Waals surface area contributed by atoms with Gasteiger partial charge in [-0.25, -0.2) is 4.79 Å². The summed E-state index contributed by atoms with van der Waals surface area (Å²) in [6.45, 7) is 2.72. The number of piperidine rings is 1. The van der Waals surface area contributed by atoms with Gasteiger partial charge in [0.05, 0.1) is 6.54 Å². The number of hydrogen-bond acceptors (Lipinski definition) is 4. The lowest BCUT2D eigenvalue weighted by atomic mass is 9.96. The van der Waals surface area contributed by atoms with E-state index in [1.807, 2.05) is 0 Å². The summed E-state index contributed by atoms with van der Waals surface area (Å²) in [6, 6.07) is -0.123. The lowest BCUT2D eigenvalue weighted by Crippen LogP contribution is -2.49. The smallest absolute Gasteiger partial charge is 0.321 e. The van der Waals surface area contributed by atoms with Crippen LogP contribution >= 0.6 is 12.4 Å². The average molecular weight is 333 g/mol. The summed E-state index contributed by atoms with van der Waals surface area (Å²) < 4.78 is 0. The Morgan fingerprint density at radius 2 is 1.82 bits per heavy atom. The predicted octanol–water partition coefficient (Wildman–Crippen LogP) is 1.24. The van der Waals surface area contributed by atoms with Crippen molar-refractivity contribution >= 4 is 24.3 Å².